The number of methoxy groups -OCH3 is 1. The Morgan fingerprint density at radius 2 is 1.85 bits per heavy atom. The molecule has 1 aromatic carbocycles. The standard InChI is InChI=1S/C8H8O5/c1-13-8(12)4-2-5(9)7(11)6(10)3-4/h2-3,9-11H,1H3/p+1. The van der Waals surface area contributed by atoms with Crippen LogP contribution in [0.5, 0.6) is 17.2 Å². The lowest BCUT2D eigenvalue weighted by Gasteiger charge is -2.01. The molecule has 13 heavy (non-hydrogen) atoms. The van der Waals surface area contributed by atoms with E-state index >= 15 is 0 Å². The molecule has 5 heteroatoms. The first-order valence-electron chi connectivity index (χ1n) is 3.42. The maximum atomic E-state index is 10.9. The average molecular weight is 185 g/mol. The van der Waals surface area contributed by atoms with Crippen molar-refractivity contribution in [2.75, 3.05) is 7.11 Å². The van der Waals surface area contributed by atoms with Gasteiger partial charge in [0, 0.05) is 12.1 Å². The monoisotopic (exact) mass is 185 g/mol. The number of ether oxygens (including phenoxy) is 1. The van der Waals surface area contributed by atoms with Gasteiger partial charge in [0.1, 0.15) is 0 Å². The average Bonchev–Trinajstić information content (AvgIpc) is 2.12. The lowest BCUT2D eigenvalue weighted by molar-refractivity contribution is 0.0599. The maximum Gasteiger partial charge on any atom is 0.339 e. The number of benzene rings is 1. The van der Waals surface area contributed by atoms with Gasteiger partial charge in [-0.15, -0.1) is 0 Å². The minimum atomic E-state index is -0.675. The van der Waals surface area contributed by atoms with Crippen molar-refractivity contribution in [3.8, 4) is 17.2 Å². The molecular formula is C8H9O5+. The molecule has 0 saturated heterocycles. The summed E-state index contributed by atoms with van der Waals surface area (Å²) in [6.07, 6.45) is 0. The summed E-state index contributed by atoms with van der Waals surface area (Å²) in [7, 11) is 1.19. The highest BCUT2D eigenvalue weighted by Gasteiger charge is 2.16. The van der Waals surface area contributed by atoms with Crippen LogP contribution in [0.15, 0.2) is 12.1 Å². The van der Waals surface area contributed by atoms with Crippen LogP contribution in [0.2, 0.25) is 0 Å². The SMILES string of the molecule is COC(=O)c1cc(O)c([OH2+])c(O)c1. The number of carbonyl (C=O) groups is 1. The molecule has 0 fully saturated rings. The third-order valence-corrected chi connectivity index (χ3v) is 1.52. The maximum absolute atomic E-state index is 10.9. The topological polar surface area (TPSA) is 89.7 Å². The highest BCUT2D eigenvalue weighted by atomic mass is 16.5. The van der Waals surface area contributed by atoms with Gasteiger partial charge in [-0.1, -0.05) is 0 Å². The third-order valence-electron chi connectivity index (χ3n) is 1.52. The van der Waals surface area contributed by atoms with Gasteiger partial charge in [0.25, 0.3) is 0 Å². The highest BCUT2D eigenvalue weighted by Crippen LogP contribution is 2.35. The van der Waals surface area contributed by atoms with E-state index in [2.05, 4.69) is 4.74 Å². The van der Waals surface area contributed by atoms with E-state index in [0.717, 1.165) is 12.1 Å². The number of carbonyl (C=O) groups excluding carboxylic acids is 1. The fraction of sp³-hybridized carbons (Fsp3) is 0.125. The van der Waals surface area contributed by atoms with Crippen LogP contribution in [0.25, 0.3) is 0 Å². The molecule has 0 saturated carbocycles. The van der Waals surface area contributed by atoms with Crippen molar-refractivity contribution in [1.82, 2.24) is 0 Å². The van der Waals surface area contributed by atoms with E-state index in [0.29, 0.717) is 0 Å². The lowest BCUT2D eigenvalue weighted by atomic mass is 10.2. The second-order valence-corrected chi connectivity index (χ2v) is 2.38. The molecule has 0 aliphatic rings. The number of aromatic hydroxyl groups is 2. The van der Waals surface area contributed by atoms with Crippen molar-refractivity contribution < 1.29 is 24.9 Å². The molecule has 0 atom stereocenters. The summed E-state index contributed by atoms with van der Waals surface area (Å²) in [5.74, 6) is -2.00. The number of hydrogen-bond acceptors (Lipinski definition) is 4. The largest absolute Gasteiger partial charge is 0.588 e. The second-order valence-electron chi connectivity index (χ2n) is 2.38. The zero-order valence-electron chi connectivity index (χ0n) is 6.87. The first kappa shape index (κ1) is 9.18. The molecule has 0 aliphatic carbocycles. The Morgan fingerprint density at radius 1 is 1.38 bits per heavy atom. The van der Waals surface area contributed by atoms with Gasteiger partial charge >= 0.3 is 11.7 Å². The number of phenolic OH excluding ortho intramolecular Hbond substituents is 2. The smallest absolute Gasteiger partial charge is 0.339 e. The van der Waals surface area contributed by atoms with Gasteiger partial charge in [-0.3, -0.25) is 0 Å². The second kappa shape index (κ2) is 3.22. The van der Waals surface area contributed by atoms with Crippen LogP contribution in [0.3, 0.4) is 0 Å². The Kier molecular flexibility index (Phi) is 2.27. The van der Waals surface area contributed by atoms with Crippen molar-refractivity contribution in [2.45, 2.75) is 0 Å². The van der Waals surface area contributed by atoms with Gasteiger partial charge in [0.05, 0.1) is 12.7 Å². The molecule has 4 N–H and O–H groups in total. The van der Waals surface area contributed by atoms with Crippen molar-refractivity contribution >= 4 is 5.97 Å². The minimum Gasteiger partial charge on any atom is -0.588 e. The molecular weight excluding hydrogens is 176 g/mol. The summed E-state index contributed by atoms with van der Waals surface area (Å²) in [5, 5.41) is 25.2. The summed E-state index contributed by atoms with van der Waals surface area (Å²) in [6, 6.07) is 2.13. The Balaban J connectivity index is 3.20. The molecule has 0 aliphatic heterocycles. The molecule has 0 spiro atoms. The van der Waals surface area contributed by atoms with Gasteiger partial charge in [0.2, 0.25) is 11.5 Å². The van der Waals surface area contributed by atoms with E-state index in [1.165, 1.54) is 7.11 Å². The predicted octanol–water partition coefficient (Wildman–Crippen LogP) is 0.322. The molecule has 0 amide bonds. The van der Waals surface area contributed by atoms with Gasteiger partial charge in [-0.25, -0.2) is 4.79 Å². The third kappa shape index (κ3) is 1.64. The fourth-order valence-corrected chi connectivity index (χ4v) is 0.848. The first-order chi connectivity index (χ1) is 6.06. The van der Waals surface area contributed by atoms with Crippen LogP contribution in [-0.2, 0) is 4.74 Å². The molecule has 1 aromatic rings. The number of hydrogen-bond donors (Lipinski definition) is 2. The van der Waals surface area contributed by atoms with E-state index in [1.807, 2.05) is 0 Å². The summed E-state index contributed by atoms with van der Waals surface area (Å²) in [4.78, 5) is 10.9. The predicted molar refractivity (Wildman–Crippen MR) is 44.2 cm³/mol. The fourth-order valence-electron chi connectivity index (χ4n) is 0.848. The van der Waals surface area contributed by atoms with Gasteiger partial charge in [0.15, 0.2) is 0 Å². The zero-order valence-corrected chi connectivity index (χ0v) is 6.87. The molecule has 1 rings (SSSR count). The van der Waals surface area contributed by atoms with Crippen LogP contribution in [0.4, 0.5) is 0 Å². The van der Waals surface area contributed by atoms with Gasteiger partial charge < -0.3 is 20.1 Å². The van der Waals surface area contributed by atoms with Gasteiger partial charge in [-0.05, 0) is 0 Å². The van der Waals surface area contributed by atoms with E-state index in [1.54, 1.807) is 0 Å². The summed E-state index contributed by atoms with van der Waals surface area (Å²) >= 11 is 0. The van der Waals surface area contributed by atoms with Crippen molar-refractivity contribution in [1.29, 1.82) is 0 Å². The molecule has 0 heterocycles. The van der Waals surface area contributed by atoms with Crippen molar-refractivity contribution in [3.05, 3.63) is 17.7 Å². The summed E-state index contributed by atoms with van der Waals surface area (Å²) in [6.45, 7) is 0. The lowest BCUT2D eigenvalue weighted by Crippen LogP contribution is -2.00. The minimum absolute atomic E-state index is 0.00787. The molecule has 0 aromatic heterocycles. The molecule has 5 nitrogen and oxygen atoms in total. The van der Waals surface area contributed by atoms with Crippen LogP contribution < -0.4 is 0 Å². The number of rotatable bonds is 1. The number of phenols is 2. The Hall–Kier alpha value is -1.91. The molecule has 0 bridgehead atoms. The Labute approximate surface area is 73.8 Å². The summed E-state index contributed by atoms with van der Waals surface area (Å²) < 4.78 is 4.36. The van der Waals surface area contributed by atoms with Gasteiger partial charge in [-0.2, -0.15) is 0 Å². The van der Waals surface area contributed by atoms with Crippen molar-refractivity contribution in [2.24, 2.45) is 0 Å². The van der Waals surface area contributed by atoms with E-state index in [-0.39, 0.29) is 5.56 Å². The van der Waals surface area contributed by atoms with E-state index < -0.39 is 23.2 Å². The van der Waals surface area contributed by atoms with Crippen LogP contribution in [0, 0.1) is 0 Å². The first-order valence-corrected chi connectivity index (χ1v) is 3.42. The van der Waals surface area contributed by atoms with E-state index in [4.69, 9.17) is 15.3 Å². The number of esters is 1. The highest BCUT2D eigenvalue weighted by molar-refractivity contribution is 5.90. The molecule has 70 valence electrons. The normalized spacial score (nSPS) is 9.62. The summed E-state index contributed by atoms with van der Waals surface area (Å²) in [5.41, 5.74) is 0.00787. The molecule has 0 unspecified atom stereocenters. The van der Waals surface area contributed by atoms with Crippen LogP contribution in [0.1, 0.15) is 10.4 Å². The van der Waals surface area contributed by atoms with Crippen molar-refractivity contribution in [3.63, 3.8) is 0 Å². The van der Waals surface area contributed by atoms with Crippen LogP contribution in [-0.4, -0.2) is 28.4 Å². The molecule has 0 radical (unpaired) electrons. The van der Waals surface area contributed by atoms with E-state index in [9.17, 15) is 4.79 Å². The zero-order chi connectivity index (χ0) is 10.0. The quantitative estimate of drug-likeness (QED) is 0.487. The Bertz CT molecular complexity index is 321. The Morgan fingerprint density at radius 3 is 2.23 bits per heavy atom. The van der Waals surface area contributed by atoms with Crippen LogP contribution >= 0.6 is 0 Å².